The molecule has 0 spiro atoms. The van der Waals surface area contributed by atoms with Gasteiger partial charge in [0.15, 0.2) is 0 Å². The van der Waals surface area contributed by atoms with Crippen LogP contribution in [0.25, 0.3) is 0 Å². The molecule has 1 aliphatic carbocycles. The molecule has 0 heterocycles. The minimum Gasteiger partial charge on any atom is -0.314 e. The van der Waals surface area contributed by atoms with Crippen LogP contribution in [0.5, 0.6) is 0 Å². The molecule has 0 aliphatic heterocycles. The molecule has 1 saturated carbocycles. The van der Waals surface area contributed by atoms with Crippen molar-refractivity contribution in [1.29, 1.82) is 0 Å². The average Bonchev–Trinajstić information content (AvgIpc) is 1.80. The lowest BCUT2D eigenvalue weighted by Gasteiger charge is -2.35. The largest absolute Gasteiger partial charge is 0.522 e. The van der Waals surface area contributed by atoms with E-state index < -0.39 is 12.5 Å². The Morgan fingerprint density at radius 2 is 2.00 bits per heavy atom. The molecule has 5 heteroatoms. The first-order chi connectivity index (χ1) is 5.51. The van der Waals surface area contributed by atoms with Crippen molar-refractivity contribution in [3.05, 3.63) is 0 Å². The van der Waals surface area contributed by atoms with Gasteiger partial charge >= 0.3 is 6.36 Å². The van der Waals surface area contributed by atoms with Crippen molar-refractivity contribution in [1.82, 2.24) is 5.32 Å². The predicted molar refractivity (Wildman–Crippen MR) is 37.6 cm³/mol. The Bertz CT molecular complexity index is 142. The number of halogens is 3. The summed E-state index contributed by atoms with van der Waals surface area (Å²) in [4.78, 5) is 0. The fourth-order valence-electron chi connectivity index (χ4n) is 1.31. The third kappa shape index (κ3) is 2.98. The molecule has 72 valence electrons. The summed E-state index contributed by atoms with van der Waals surface area (Å²) < 4.78 is 38.6. The van der Waals surface area contributed by atoms with E-state index in [4.69, 9.17) is 0 Å². The molecule has 2 nitrogen and oxygen atoms in total. The second-order valence-corrected chi connectivity index (χ2v) is 2.91. The van der Waals surface area contributed by atoms with Gasteiger partial charge in [0.1, 0.15) is 0 Å². The summed E-state index contributed by atoms with van der Waals surface area (Å²) in [6, 6.07) is 0.211. The third-order valence-corrected chi connectivity index (χ3v) is 1.89. The van der Waals surface area contributed by atoms with E-state index in [0.717, 1.165) is 6.54 Å². The Labute approximate surface area is 69.1 Å². The Hall–Kier alpha value is -0.290. The zero-order chi connectivity index (χ0) is 9.19. The zero-order valence-electron chi connectivity index (χ0n) is 6.82. The molecular weight excluding hydrogens is 171 g/mol. The number of alkyl halides is 3. The predicted octanol–water partition coefficient (Wildman–Crippen LogP) is 1.66. The zero-order valence-corrected chi connectivity index (χ0v) is 6.82. The molecule has 0 bridgehead atoms. The highest BCUT2D eigenvalue weighted by Gasteiger charge is 2.39. The molecule has 1 N–H and O–H groups in total. The van der Waals surface area contributed by atoms with Crippen molar-refractivity contribution in [3.63, 3.8) is 0 Å². The van der Waals surface area contributed by atoms with Crippen LogP contribution in [0.15, 0.2) is 0 Å². The van der Waals surface area contributed by atoms with Crippen LogP contribution in [-0.4, -0.2) is 25.1 Å². The van der Waals surface area contributed by atoms with Crippen LogP contribution in [0.3, 0.4) is 0 Å². The van der Waals surface area contributed by atoms with E-state index in [2.05, 4.69) is 10.1 Å². The maximum Gasteiger partial charge on any atom is 0.522 e. The van der Waals surface area contributed by atoms with Crippen LogP contribution in [0.1, 0.15) is 19.8 Å². The summed E-state index contributed by atoms with van der Waals surface area (Å²) >= 11 is 0. The molecule has 0 amide bonds. The highest BCUT2D eigenvalue weighted by molar-refractivity contribution is 4.85. The average molecular weight is 183 g/mol. The van der Waals surface area contributed by atoms with E-state index in [-0.39, 0.29) is 6.04 Å². The quantitative estimate of drug-likeness (QED) is 0.718. The van der Waals surface area contributed by atoms with E-state index in [9.17, 15) is 13.2 Å². The van der Waals surface area contributed by atoms with E-state index in [1.807, 2.05) is 6.92 Å². The van der Waals surface area contributed by atoms with Gasteiger partial charge in [-0.05, 0) is 19.4 Å². The standard InChI is InChI=1S/C7H12F3NO/c1-2-11-5-3-6(4-5)12-7(8,9)10/h5-6,11H,2-4H2,1H3. The fourth-order valence-corrected chi connectivity index (χ4v) is 1.31. The first kappa shape index (κ1) is 9.80. The Morgan fingerprint density at radius 3 is 2.42 bits per heavy atom. The second-order valence-electron chi connectivity index (χ2n) is 2.91. The summed E-state index contributed by atoms with van der Waals surface area (Å²) in [5.74, 6) is 0. The summed E-state index contributed by atoms with van der Waals surface area (Å²) in [7, 11) is 0. The minimum absolute atomic E-state index is 0.211. The van der Waals surface area contributed by atoms with E-state index in [1.165, 1.54) is 0 Å². The number of hydrogen-bond acceptors (Lipinski definition) is 2. The topological polar surface area (TPSA) is 21.3 Å². The second kappa shape index (κ2) is 3.62. The normalized spacial score (nSPS) is 30.0. The van der Waals surface area contributed by atoms with Gasteiger partial charge in [0.2, 0.25) is 0 Å². The highest BCUT2D eigenvalue weighted by Crippen LogP contribution is 2.29. The number of ether oxygens (including phenoxy) is 1. The molecule has 0 aromatic heterocycles. The van der Waals surface area contributed by atoms with Gasteiger partial charge in [-0.25, -0.2) is 0 Å². The van der Waals surface area contributed by atoms with Gasteiger partial charge < -0.3 is 5.32 Å². The molecule has 0 aromatic rings. The van der Waals surface area contributed by atoms with Gasteiger partial charge in [-0.1, -0.05) is 6.92 Å². The lowest BCUT2D eigenvalue weighted by Crippen LogP contribution is -2.47. The first-order valence-electron chi connectivity index (χ1n) is 3.99. The van der Waals surface area contributed by atoms with Crippen molar-refractivity contribution in [2.24, 2.45) is 0 Å². The van der Waals surface area contributed by atoms with Crippen molar-refractivity contribution >= 4 is 0 Å². The Kier molecular flexibility index (Phi) is 2.95. The van der Waals surface area contributed by atoms with Crippen molar-refractivity contribution in [3.8, 4) is 0 Å². The minimum atomic E-state index is -4.47. The van der Waals surface area contributed by atoms with Crippen molar-refractivity contribution in [2.45, 2.75) is 38.3 Å². The van der Waals surface area contributed by atoms with Gasteiger partial charge in [0, 0.05) is 6.04 Å². The summed E-state index contributed by atoms with van der Waals surface area (Å²) in [5.41, 5.74) is 0. The molecule has 0 atom stereocenters. The van der Waals surface area contributed by atoms with Crippen LogP contribution in [0, 0.1) is 0 Å². The molecule has 0 radical (unpaired) electrons. The monoisotopic (exact) mass is 183 g/mol. The maximum atomic E-state index is 11.6. The lowest BCUT2D eigenvalue weighted by atomic mass is 9.89. The number of rotatable bonds is 3. The van der Waals surface area contributed by atoms with Gasteiger partial charge in [0.25, 0.3) is 0 Å². The van der Waals surface area contributed by atoms with Crippen molar-refractivity contribution in [2.75, 3.05) is 6.54 Å². The fraction of sp³-hybridized carbons (Fsp3) is 1.00. The van der Waals surface area contributed by atoms with Crippen molar-refractivity contribution < 1.29 is 17.9 Å². The number of hydrogen-bond donors (Lipinski definition) is 1. The molecule has 0 saturated heterocycles. The van der Waals surface area contributed by atoms with E-state index in [1.54, 1.807) is 0 Å². The molecular formula is C7H12F3NO. The summed E-state index contributed by atoms with van der Waals surface area (Å²) in [6.45, 7) is 2.72. The lowest BCUT2D eigenvalue weighted by molar-refractivity contribution is -0.352. The molecule has 1 aliphatic rings. The van der Waals surface area contributed by atoms with Crippen LogP contribution in [0.2, 0.25) is 0 Å². The van der Waals surface area contributed by atoms with Crippen LogP contribution in [-0.2, 0) is 4.74 Å². The highest BCUT2D eigenvalue weighted by atomic mass is 19.4. The van der Waals surface area contributed by atoms with E-state index in [0.29, 0.717) is 12.8 Å². The molecule has 0 aromatic carbocycles. The van der Waals surface area contributed by atoms with Crippen LogP contribution in [0.4, 0.5) is 13.2 Å². The van der Waals surface area contributed by atoms with Gasteiger partial charge in [0.05, 0.1) is 6.10 Å². The Morgan fingerprint density at radius 1 is 1.42 bits per heavy atom. The SMILES string of the molecule is CCNC1CC(OC(F)(F)F)C1. The van der Waals surface area contributed by atoms with E-state index >= 15 is 0 Å². The molecule has 0 unspecified atom stereocenters. The van der Waals surface area contributed by atoms with Gasteiger partial charge in [-0.2, -0.15) is 0 Å². The molecule has 12 heavy (non-hydrogen) atoms. The van der Waals surface area contributed by atoms with Gasteiger partial charge in [-0.15, -0.1) is 13.2 Å². The molecule has 1 fully saturated rings. The summed E-state index contributed by atoms with van der Waals surface area (Å²) in [6.07, 6.45) is -4.17. The first-order valence-corrected chi connectivity index (χ1v) is 3.99. The Balaban J connectivity index is 2.10. The van der Waals surface area contributed by atoms with Crippen LogP contribution >= 0.6 is 0 Å². The number of nitrogens with one attached hydrogen (secondary N) is 1. The molecule has 1 rings (SSSR count). The smallest absolute Gasteiger partial charge is 0.314 e. The third-order valence-electron chi connectivity index (χ3n) is 1.89. The maximum absolute atomic E-state index is 11.6. The summed E-state index contributed by atoms with van der Waals surface area (Å²) in [5, 5.41) is 3.05. The van der Waals surface area contributed by atoms with Gasteiger partial charge in [-0.3, -0.25) is 4.74 Å². The van der Waals surface area contributed by atoms with Crippen LogP contribution < -0.4 is 5.32 Å².